The Morgan fingerprint density at radius 3 is 2.21 bits per heavy atom. The van der Waals surface area contributed by atoms with Gasteiger partial charge in [-0.1, -0.05) is 26.2 Å². The predicted octanol–water partition coefficient (Wildman–Crippen LogP) is 5.66. The molecule has 5 aliphatic rings. The lowest BCUT2D eigenvalue weighted by molar-refractivity contribution is 0.0244. The summed E-state index contributed by atoms with van der Waals surface area (Å²) in [5, 5.41) is 9.56. The van der Waals surface area contributed by atoms with Crippen LogP contribution in [0.4, 0.5) is 0 Å². The van der Waals surface area contributed by atoms with Crippen LogP contribution in [0.5, 0.6) is 0 Å². The molecular weight excluding hydrogens is 294 g/mol. The quantitative estimate of drug-likeness (QED) is 0.605. The molecule has 0 saturated heterocycles. The number of rotatable bonds is 7. The van der Waals surface area contributed by atoms with Crippen molar-refractivity contribution in [3.05, 3.63) is 11.6 Å². The smallest absolute Gasteiger partial charge is 0.139 e. The maximum Gasteiger partial charge on any atom is 0.139 e. The van der Waals surface area contributed by atoms with E-state index in [1.54, 1.807) is 0 Å². The van der Waals surface area contributed by atoms with E-state index < -0.39 is 0 Å². The fourth-order valence-electron chi connectivity index (χ4n) is 5.70. The van der Waals surface area contributed by atoms with E-state index in [1.807, 2.05) is 0 Å². The maximum atomic E-state index is 4.84. The van der Waals surface area contributed by atoms with Crippen LogP contribution in [0.15, 0.2) is 0 Å². The third-order valence-electron chi connectivity index (χ3n) is 7.76. The average molecular weight is 328 g/mol. The second-order valence-electron chi connectivity index (χ2n) is 9.49. The van der Waals surface area contributed by atoms with E-state index in [0.29, 0.717) is 10.8 Å². The van der Waals surface area contributed by atoms with E-state index in [9.17, 15) is 0 Å². The second kappa shape index (κ2) is 5.57. The molecule has 2 bridgehead atoms. The van der Waals surface area contributed by atoms with Crippen molar-refractivity contribution in [2.45, 2.75) is 114 Å². The third-order valence-corrected chi connectivity index (χ3v) is 7.76. The Morgan fingerprint density at radius 1 is 0.917 bits per heavy atom. The molecule has 0 aliphatic heterocycles. The zero-order valence-corrected chi connectivity index (χ0v) is 15.4. The fourth-order valence-corrected chi connectivity index (χ4v) is 5.70. The van der Waals surface area contributed by atoms with Crippen molar-refractivity contribution in [2.24, 2.45) is 5.41 Å². The van der Waals surface area contributed by atoms with Crippen LogP contribution in [0.2, 0.25) is 0 Å². The first-order chi connectivity index (χ1) is 11.8. The van der Waals surface area contributed by atoms with E-state index in [0.717, 1.165) is 12.0 Å². The molecule has 0 spiro atoms. The Morgan fingerprint density at radius 2 is 1.62 bits per heavy atom. The Bertz CT molecular complexity index is 584. The Kier molecular flexibility index (Phi) is 3.58. The Labute approximate surface area is 146 Å². The molecule has 0 N–H and O–H groups in total. The largest absolute Gasteiger partial charge is 0.311 e. The number of hydrogen-bond donors (Lipinski definition) is 0. The number of nitrogens with zero attached hydrogens (tertiary/aromatic N) is 3. The van der Waals surface area contributed by atoms with Gasteiger partial charge >= 0.3 is 0 Å². The molecule has 3 heteroatoms. The summed E-state index contributed by atoms with van der Waals surface area (Å²) in [6.07, 6.45) is 19.6. The zero-order chi connectivity index (χ0) is 16.2. The van der Waals surface area contributed by atoms with Gasteiger partial charge in [0.25, 0.3) is 0 Å². The van der Waals surface area contributed by atoms with E-state index in [1.165, 1.54) is 102 Å². The molecule has 132 valence electrons. The van der Waals surface area contributed by atoms with Crippen molar-refractivity contribution in [3.63, 3.8) is 0 Å². The standard InChI is InChI=1S/C21H33N3/c1-2-3-4-9-20-10-13-21(14-11-20,15-12-20)19-23-22-18(16-5-6-16)24(19)17-7-8-17/h16-17H,2-15H2,1H3. The summed E-state index contributed by atoms with van der Waals surface area (Å²) in [5.74, 6) is 3.50. The minimum atomic E-state index is 0.384. The van der Waals surface area contributed by atoms with Crippen molar-refractivity contribution in [3.8, 4) is 0 Å². The van der Waals surface area contributed by atoms with Gasteiger partial charge in [0.15, 0.2) is 0 Å². The Balaban J connectivity index is 1.38. The van der Waals surface area contributed by atoms with Gasteiger partial charge < -0.3 is 4.57 Å². The molecule has 5 saturated carbocycles. The molecule has 24 heavy (non-hydrogen) atoms. The lowest BCUT2D eigenvalue weighted by Crippen LogP contribution is -2.45. The van der Waals surface area contributed by atoms with E-state index in [-0.39, 0.29) is 0 Å². The van der Waals surface area contributed by atoms with E-state index >= 15 is 0 Å². The lowest BCUT2D eigenvalue weighted by Gasteiger charge is -2.53. The predicted molar refractivity (Wildman–Crippen MR) is 96.2 cm³/mol. The monoisotopic (exact) mass is 327 g/mol. The van der Waals surface area contributed by atoms with Crippen LogP contribution in [-0.2, 0) is 5.41 Å². The summed E-state index contributed by atoms with van der Waals surface area (Å²) >= 11 is 0. The SMILES string of the molecule is CCCCCC12CCC(c3nnc(C4CC4)n3C3CC3)(CC1)CC2. The van der Waals surface area contributed by atoms with Crippen LogP contribution in [0.1, 0.15) is 120 Å². The van der Waals surface area contributed by atoms with Gasteiger partial charge in [-0.25, -0.2) is 0 Å². The van der Waals surface area contributed by atoms with Crippen molar-refractivity contribution in [2.75, 3.05) is 0 Å². The number of aromatic nitrogens is 3. The average Bonchev–Trinajstić information content (AvgIpc) is 3.55. The summed E-state index contributed by atoms with van der Waals surface area (Å²) in [4.78, 5) is 0. The van der Waals surface area contributed by atoms with Crippen LogP contribution < -0.4 is 0 Å². The van der Waals surface area contributed by atoms with E-state index in [4.69, 9.17) is 10.2 Å². The van der Waals surface area contributed by atoms with Crippen molar-refractivity contribution >= 4 is 0 Å². The zero-order valence-electron chi connectivity index (χ0n) is 15.4. The number of hydrogen-bond acceptors (Lipinski definition) is 2. The molecule has 6 rings (SSSR count). The Hall–Kier alpha value is -0.860. The van der Waals surface area contributed by atoms with E-state index in [2.05, 4.69) is 11.5 Å². The van der Waals surface area contributed by atoms with Gasteiger partial charge in [0.2, 0.25) is 0 Å². The molecular formula is C21H33N3. The van der Waals surface area contributed by atoms with Crippen LogP contribution in [0.25, 0.3) is 0 Å². The van der Waals surface area contributed by atoms with Gasteiger partial charge in [-0.2, -0.15) is 0 Å². The normalized spacial score (nSPS) is 35.5. The molecule has 3 nitrogen and oxygen atoms in total. The summed E-state index contributed by atoms with van der Waals surface area (Å²) in [6.45, 7) is 2.33. The molecule has 0 atom stereocenters. The van der Waals surface area contributed by atoms with Crippen LogP contribution >= 0.6 is 0 Å². The summed E-state index contributed by atoms with van der Waals surface area (Å²) < 4.78 is 2.65. The van der Waals surface area contributed by atoms with Crippen LogP contribution in [0.3, 0.4) is 0 Å². The highest BCUT2D eigenvalue weighted by Crippen LogP contribution is 2.60. The topological polar surface area (TPSA) is 30.7 Å². The fraction of sp³-hybridized carbons (Fsp3) is 0.905. The summed E-state index contributed by atoms with van der Waals surface area (Å²) in [5.41, 5.74) is 1.08. The van der Waals surface area contributed by atoms with Crippen molar-refractivity contribution in [1.82, 2.24) is 14.8 Å². The van der Waals surface area contributed by atoms with Crippen LogP contribution in [-0.4, -0.2) is 14.8 Å². The van der Waals surface area contributed by atoms with Gasteiger partial charge in [-0.05, 0) is 76.0 Å². The molecule has 0 unspecified atom stereocenters. The maximum absolute atomic E-state index is 4.84. The number of unbranched alkanes of at least 4 members (excludes halogenated alkanes) is 2. The minimum absolute atomic E-state index is 0.384. The van der Waals surface area contributed by atoms with Crippen molar-refractivity contribution < 1.29 is 0 Å². The highest BCUT2D eigenvalue weighted by molar-refractivity contribution is 5.21. The lowest BCUT2D eigenvalue weighted by atomic mass is 9.52. The molecule has 0 amide bonds. The van der Waals surface area contributed by atoms with Gasteiger partial charge in [-0.3, -0.25) is 0 Å². The molecule has 0 radical (unpaired) electrons. The van der Waals surface area contributed by atoms with Gasteiger partial charge in [0.05, 0.1) is 0 Å². The highest BCUT2D eigenvalue weighted by atomic mass is 15.3. The van der Waals surface area contributed by atoms with Crippen LogP contribution in [0, 0.1) is 5.41 Å². The number of fused-ring (bicyclic) bond motifs is 3. The van der Waals surface area contributed by atoms with Crippen molar-refractivity contribution in [1.29, 1.82) is 0 Å². The molecule has 5 fully saturated rings. The first-order valence-corrected chi connectivity index (χ1v) is 10.7. The first-order valence-electron chi connectivity index (χ1n) is 10.7. The molecule has 5 aliphatic carbocycles. The molecule has 1 aromatic heterocycles. The first kappa shape index (κ1) is 15.4. The summed E-state index contributed by atoms with van der Waals surface area (Å²) in [7, 11) is 0. The molecule has 1 heterocycles. The van der Waals surface area contributed by atoms with Gasteiger partial charge in [-0.15, -0.1) is 10.2 Å². The molecule has 0 aromatic carbocycles. The van der Waals surface area contributed by atoms with Gasteiger partial charge in [0.1, 0.15) is 11.6 Å². The van der Waals surface area contributed by atoms with Gasteiger partial charge in [0, 0.05) is 17.4 Å². The summed E-state index contributed by atoms with van der Waals surface area (Å²) in [6, 6.07) is 0.748. The highest BCUT2D eigenvalue weighted by Gasteiger charge is 2.52. The molecule has 1 aromatic rings. The second-order valence-corrected chi connectivity index (χ2v) is 9.49. The minimum Gasteiger partial charge on any atom is -0.311 e. The third kappa shape index (κ3) is 2.45.